The summed E-state index contributed by atoms with van der Waals surface area (Å²) in [6.45, 7) is 6.98. The molecule has 0 amide bonds. The first-order valence-electron chi connectivity index (χ1n) is 6.03. The highest BCUT2D eigenvalue weighted by Crippen LogP contribution is 2.22. The molecule has 0 saturated heterocycles. The number of rotatable bonds is 5. The number of aliphatic hydroxyl groups is 1. The first-order chi connectivity index (χ1) is 7.95. The summed E-state index contributed by atoms with van der Waals surface area (Å²) < 4.78 is 13.4. The topological polar surface area (TPSA) is 32.3 Å². The monoisotopic (exact) mass is 239 g/mol. The predicted molar refractivity (Wildman–Crippen MR) is 68.2 cm³/mol. The molecule has 1 atom stereocenters. The summed E-state index contributed by atoms with van der Waals surface area (Å²) in [4.78, 5) is 0. The van der Waals surface area contributed by atoms with Gasteiger partial charge in [-0.05, 0) is 17.9 Å². The fourth-order valence-electron chi connectivity index (χ4n) is 1.85. The van der Waals surface area contributed by atoms with Crippen molar-refractivity contribution in [3.8, 4) is 0 Å². The van der Waals surface area contributed by atoms with E-state index in [9.17, 15) is 4.39 Å². The van der Waals surface area contributed by atoms with Gasteiger partial charge >= 0.3 is 0 Å². The van der Waals surface area contributed by atoms with Crippen molar-refractivity contribution >= 4 is 0 Å². The van der Waals surface area contributed by atoms with Gasteiger partial charge in [0.05, 0.1) is 0 Å². The molecule has 0 aliphatic carbocycles. The van der Waals surface area contributed by atoms with E-state index in [0.717, 1.165) is 0 Å². The van der Waals surface area contributed by atoms with Gasteiger partial charge in [-0.25, -0.2) is 4.39 Å². The molecule has 0 bridgehead atoms. The highest BCUT2D eigenvalue weighted by molar-refractivity contribution is 5.17. The van der Waals surface area contributed by atoms with Gasteiger partial charge in [0.1, 0.15) is 5.82 Å². The fourth-order valence-corrected chi connectivity index (χ4v) is 1.85. The van der Waals surface area contributed by atoms with Gasteiger partial charge in [-0.1, -0.05) is 39.0 Å². The van der Waals surface area contributed by atoms with E-state index in [1.165, 1.54) is 6.07 Å². The molecule has 2 nitrogen and oxygen atoms in total. The lowest BCUT2D eigenvalue weighted by Gasteiger charge is -2.31. The smallest absolute Gasteiger partial charge is 0.127 e. The molecule has 0 aliphatic heterocycles. The lowest BCUT2D eigenvalue weighted by Crippen LogP contribution is -2.40. The standard InChI is InChI=1S/C14H22FNO/c1-14(2,3)13(8-9-17)16-10-11-6-4-5-7-12(11)15/h4-7,13,16-17H,8-10H2,1-3H3. The van der Waals surface area contributed by atoms with Crippen LogP contribution in [0.5, 0.6) is 0 Å². The van der Waals surface area contributed by atoms with Crippen LogP contribution >= 0.6 is 0 Å². The summed E-state index contributed by atoms with van der Waals surface area (Å²) in [6, 6.07) is 6.94. The van der Waals surface area contributed by atoms with Crippen LogP contribution in [0, 0.1) is 11.2 Å². The molecule has 1 aromatic rings. The summed E-state index contributed by atoms with van der Waals surface area (Å²) in [6.07, 6.45) is 0.679. The van der Waals surface area contributed by atoms with Gasteiger partial charge in [-0.15, -0.1) is 0 Å². The van der Waals surface area contributed by atoms with Crippen molar-refractivity contribution in [1.82, 2.24) is 5.32 Å². The van der Waals surface area contributed by atoms with E-state index in [0.29, 0.717) is 18.5 Å². The molecule has 0 radical (unpaired) electrons. The zero-order valence-electron chi connectivity index (χ0n) is 10.8. The maximum Gasteiger partial charge on any atom is 0.127 e. The van der Waals surface area contributed by atoms with Crippen molar-refractivity contribution < 1.29 is 9.50 Å². The Morgan fingerprint density at radius 3 is 2.47 bits per heavy atom. The van der Waals surface area contributed by atoms with E-state index in [1.807, 2.05) is 6.07 Å². The minimum absolute atomic E-state index is 0.0496. The molecule has 3 heteroatoms. The van der Waals surface area contributed by atoms with Gasteiger partial charge in [0.15, 0.2) is 0 Å². The Morgan fingerprint density at radius 1 is 1.29 bits per heavy atom. The molecule has 1 unspecified atom stereocenters. The van der Waals surface area contributed by atoms with Gasteiger partial charge in [-0.3, -0.25) is 0 Å². The van der Waals surface area contributed by atoms with Crippen LogP contribution in [0.1, 0.15) is 32.8 Å². The summed E-state index contributed by atoms with van der Waals surface area (Å²) in [5, 5.41) is 12.4. The van der Waals surface area contributed by atoms with Crippen LogP contribution in [0.25, 0.3) is 0 Å². The van der Waals surface area contributed by atoms with Gasteiger partial charge in [-0.2, -0.15) is 0 Å². The average molecular weight is 239 g/mol. The molecular weight excluding hydrogens is 217 g/mol. The Balaban J connectivity index is 2.61. The van der Waals surface area contributed by atoms with Crippen LogP contribution in [0.15, 0.2) is 24.3 Å². The SMILES string of the molecule is CC(C)(C)C(CCO)NCc1ccccc1F. The van der Waals surface area contributed by atoms with Gasteiger partial charge in [0.2, 0.25) is 0 Å². The van der Waals surface area contributed by atoms with Crippen molar-refractivity contribution in [3.05, 3.63) is 35.6 Å². The Kier molecular flexibility index (Phi) is 5.09. The van der Waals surface area contributed by atoms with E-state index in [2.05, 4.69) is 26.1 Å². The number of halogens is 1. The highest BCUT2D eigenvalue weighted by atomic mass is 19.1. The number of nitrogens with one attached hydrogen (secondary N) is 1. The van der Waals surface area contributed by atoms with E-state index in [-0.39, 0.29) is 23.9 Å². The Hall–Kier alpha value is -0.930. The van der Waals surface area contributed by atoms with Gasteiger partial charge < -0.3 is 10.4 Å². The van der Waals surface area contributed by atoms with Gasteiger partial charge in [0, 0.05) is 24.8 Å². The number of hydrogen-bond acceptors (Lipinski definition) is 2. The number of aliphatic hydroxyl groups excluding tert-OH is 1. The van der Waals surface area contributed by atoms with Crippen LogP contribution in [-0.2, 0) is 6.54 Å². The van der Waals surface area contributed by atoms with Crippen LogP contribution in [0.3, 0.4) is 0 Å². The third-order valence-corrected chi connectivity index (χ3v) is 2.96. The van der Waals surface area contributed by atoms with Crippen molar-refractivity contribution in [2.75, 3.05) is 6.61 Å². The van der Waals surface area contributed by atoms with Crippen molar-refractivity contribution in [2.45, 2.75) is 39.8 Å². The van der Waals surface area contributed by atoms with Crippen LogP contribution in [0.4, 0.5) is 4.39 Å². The Bertz CT molecular complexity index is 346. The molecule has 0 spiro atoms. The molecule has 96 valence electrons. The Labute approximate surface area is 103 Å². The third-order valence-electron chi connectivity index (χ3n) is 2.96. The molecule has 0 aromatic heterocycles. The minimum Gasteiger partial charge on any atom is -0.396 e. The summed E-state index contributed by atoms with van der Waals surface area (Å²) in [5.74, 6) is -0.184. The second-order valence-electron chi connectivity index (χ2n) is 5.40. The Morgan fingerprint density at radius 2 is 1.94 bits per heavy atom. The predicted octanol–water partition coefficient (Wildman–Crippen LogP) is 2.71. The van der Waals surface area contributed by atoms with Gasteiger partial charge in [0.25, 0.3) is 0 Å². The third kappa shape index (κ3) is 4.44. The molecule has 1 aromatic carbocycles. The molecule has 17 heavy (non-hydrogen) atoms. The van der Waals surface area contributed by atoms with Crippen LogP contribution in [0.2, 0.25) is 0 Å². The van der Waals surface area contributed by atoms with Crippen LogP contribution < -0.4 is 5.32 Å². The maximum absolute atomic E-state index is 13.4. The van der Waals surface area contributed by atoms with E-state index in [1.54, 1.807) is 12.1 Å². The molecule has 0 fully saturated rings. The maximum atomic E-state index is 13.4. The fraction of sp³-hybridized carbons (Fsp3) is 0.571. The van der Waals surface area contributed by atoms with Crippen molar-refractivity contribution in [1.29, 1.82) is 0 Å². The largest absolute Gasteiger partial charge is 0.396 e. The molecule has 0 saturated carbocycles. The number of hydrogen-bond donors (Lipinski definition) is 2. The van der Waals surface area contributed by atoms with Crippen molar-refractivity contribution in [2.24, 2.45) is 5.41 Å². The van der Waals surface area contributed by atoms with Crippen molar-refractivity contribution in [3.63, 3.8) is 0 Å². The summed E-state index contributed by atoms with van der Waals surface area (Å²) >= 11 is 0. The van der Waals surface area contributed by atoms with E-state index in [4.69, 9.17) is 5.11 Å². The molecular formula is C14H22FNO. The lowest BCUT2D eigenvalue weighted by atomic mass is 9.85. The summed E-state index contributed by atoms with van der Waals surface area (Å²) in [5.41, 5.74) is 0.716. The molecule has 0 aliphatic rings. The molecule has 2 N–H and O–H groups in total. The molecule has 1 rings (SSSR count). The first-order valence-corrected chi connectivity index (χ1v) is 6.03. The van der Waals surface area contributed by atoms with E-state index < -0.39 is 0 Å². The second kappa shape index (κ2) is 6.12. The van der Waals surface area contributed by atoms with Crippen LogP contribution in [-0.4, -0.2) is 17.8 Å². The zero-order chi connectivity index (χ0) is 12.9. The highest BCUT2D eigenvalue weighted by Gasteiger charge is 2.23. The first kappa shape index (κ1) is 14.1. The average Bonchev–Trinajstić information content (AvgIpc) is 2.24. The zero-order valence-corrected chi connectivity index (χ0v) is 10.8. The quantitative estimate of drug-likeness (QED) is 0.828. The molecule has 0 heterocycles. The number of benzene rings is 1. The minimum atomic E-state index is -0.184. The lowest BCUT2D eigenvalue weighted by molar-refractivity contribution is 0.196. The normalized spacial score (nSPS) is 13.7. The second-order valence-corrected chi connectivity index (χ2v) is 5.40. The summed E-state index contributed by atoms with van der Waals surface area (Å²) in [7, 11) is 0. The van der Waals surface area contributed by atoms with E-state index >= 15 is 0 Å².